The molecule has 0 aromatic heterocycles. The number of hydrogen-bond acceptors (Lipinski definition) is 2. The monoisotopic (exact) mass is 452 g/mol. The molecule has 2 nitrogen and oxygen atoms in total. The number of aryl methyl sites for hydroxylation is 1. The SMILES string of the molecule is Cc1ccc(Oc2cc(I)c(O)c(I)c2)cc1. The minimum Gasteiger partial charge on any atom is -0.506 e. The molecule has 0 unspecified atom stereocenters. The maximum atomic E-state index is 9.66. The first-order chi connectivity index (χ1) is 8.06. The molecular formula is C13H10I2O2. The molecule has 0 saturated carbocycles. The molecule has 2 aromatic rings. The molecule has 88 valence electrons. The van der Waals surface area contributed by atoms with Crippen LogP contribution in [0.4, 0.5) is 0 Å². The van der Waals surface area contributed by atoms with E-state index in [1.165, 1.54) is 5.56 Å². The molecule has 0 aliphatic rings. The second-order valence-electron chi connectivity index (χ2n) is 3.65. The number of hydrogen-bond donors (Lipinski definition) is 1. The Hall–Kier alpha value is -0.500. The van der Waals surface area contributed by atoms with Gasteiger partial charge in [0.25, 0.3) is 0 Å². The normalized spacial score (nSPS) is 10.3. The van der Waals surface area contributed by atoms with Gasteiger partial charge in [-0.05, 0) is 76.4 Å². The second-order valence-corrected chi connectivity index (χ2v) is 5.98. The molecular weight excluding hydrogens is 442 g/mol. The highest BCUT2D eigenvalue weighted by Gasteiger charge is 2.07. The first-order valence-electron chi connectivity index (χ1n) is 4.99. The van der Waals surface area contributed by atoms with E-state index in [4.69, 9.17) is 4.74 Å². The predicted octanol–water partition coefficient (Wildman–Crippen LogP) is 4.70. The van der Waals surface area contributed by atoms with Crippen molar-refractivity contribution < 1.29 is 9.84 Å². The van der Waals surface area contributed by atoms with Crippen molar-refractivity contribution in [2.75, 3.05) is 0 Å². The average molecular weight is 452 g/mol. The van der Waals surface area contributed by atoms with Crippen LogP contribution in [0.25, 0.3) is 0 Å². The Kier molecular flexibility index (Phi) is 4.13. The molecule has 0 saturated heterocycles. The van der Waals surface area contributed by atoms with Crippen LogP contribution in [-0.4, -0.2) is 5.11 Å². The number of aromatic hydroxyl groups is 1. The lowest BCUT2D eigenvalue weighted by Crippen LogP contribution is -1.87. The molecule has 0 aliphatic carbocycles. The molecule has 0 heterocycles. The highest BCUT2D eigenvalue weighted by atomic mass is 127. The van der Waals surface area contributed by atoms with E-state index in [1.54, 1.807) is 0 Å². The van der Waals surface area contributed by atoms with Crippen LogP contribution >= 0.6 is 45.2 Å². The maximum absolute atomic E-state index is 9.66. The predicted molar refractivity (Wildman–Crippen MR) is 84.8 cm³/mol. The Balaban J connectivity index is 2.27. The first-order valence-corrected chi connectivity index (χ1v) is 7.14. The summed E-state index contributed by atoms with van der Waals surface area (Å²) in [6.45, 7) is 2.04. The van der Waals surface area contributed by atoms with Crippen molar-refractivity contribution in [2.24, 2.45) is 0 Å². The molecule has 0 spiro atoms. The fraction of sp³-hybridized carbons (Fsp3) is 0.0769. The second kappa shape index (κ2) is 5.43. The summed E-state index contributed by atoms with van der Waals surface area (Å²) in [5.41, 5.74) is 1.20. The lowest BCUT2D eigenvalue weighted by molar-refractivity contribution is 0.457. The van der Waals surface area contributed by atoms with Gasteiger partial charge in [0, 0.05) is 0 Å². The van der Waals surface area contributed by atoms with Crippen molar-refractivity contribution in [3.05, 3.63) is 49.1 Å². The first kappa shape index (κ1) is 12.9. The van der Waals surface area contributed by atoms with Gasteiger partial charge in [-0.1, -0.05) is 17.7 Å². The number of benzene rings is 2. The third-order valence-corrected chi connectivity index (χ3v) is 3.89. The van der Waals surface area contributed by atoms with E-state index in [2.05, 4.69) is 45.2 Å². The zero-order valence-corrected chi connectivity index (χ0v) is 13.4. The number of rotatable bonds is 2. The fourth-order valence-corrected chi connectivity index (χ4v) is 3.05. The zero-order chi connectivity index (χ0) is 12.4. The summed E-state index contributed by atoms with van der Waals surface area (Å²) in [5, 5.41) is 9.66. The summed E-state index contributed by atoms with van der Waals surface area (Å²) in [6.07, 6.45) is 0. The van der Waals surface area contributed by atoms with E-state index in [1.807, 2.05) is 43.3 Å². The molecule has 0 amide bonds. The molecule has 4 heteroatoms. The van der Waals surface area contributed by atoms with Crippen LogP contribution in [-0.2, 0) is 0 Å². The van der Waals surface area contributed by atoms with E-state index in [-0.39, 0.29) is 0 Å². The van der Waals surface area contributed by atoms with E-state index >= 15 is 0 Å². The number of phenolic OH excluding ortho intramolecular Hbond substituents is 1. The van der Waals surface area contributed by atoms with E-state index < -0.39 is 0 Å². The van der Waals surface area contributed by atoms with Crippen LogP contribution in [0, 0.1) is 14.1 Å². The van der Waals surface area contributed by atoms with Gasteiger partial charge in [-0.2, -0.15) is 0 Å². The fourth-order valence-electron chi connectivity index (χ4n) is 1.34. The third kappa shape index (κ3) is 3.25. The molecule has 0 aliphatic heterocycles. The molecule has 2 aromatic carbocycles. The minimum atomic E-state index is 0.308. The van der Waals surface area contributed by atoms with E-state index in [0.717, 1.165) is 18.6 Å². The average Bonchev–Trinajstić information content (AvgIpc) is 2.29. The molecule has 0 bridgehead atoms. The molecule has 0 atom stereocenters. The van der Waals surface area contributed by atoms with E-state index in [0.29, 0.717) is 5.75 Å². The Labute approximate surface area is 127 Å². The smallest absolute Gasteiger partial charge is 0.142 e. The van der Waals surface area contributed by atoms with Crippen LogP contribution in [0.2, 0.25) is 0 Å². The number of halogens is 2. The molecule has 17 heavy (non-hydrogen) atoms. The molecule has 2 rings (SSSR count). The van der Waals surface area contributed by atoms with Crippen LogP contribution in [0.5, 0.6) is 17.2 Å². The quantitative estimate of drug-likeness (QED) is 0.670. The summed E-state index contributed by atoms with van der Waals surface area (Å²) < 4.78 is 7.31. The van der Waals surface area contributed by atoms with Gasteiger partial charge >= 0.3 is 0 Å². The molecule has 0 radical (unpaired) electrons. The van der Waals surface area contributed by atoms with Crippen molar-refractivity contribution >= 4 is 45.2 Å². The molecule has 1 N–H and O–H groups in total. The molecule has 0 fully saturated rings. The van der Waals surface area contributed by atoms with Crippen LogP contribution in [0.1, 0.15) is 5.56 Å². The Bertz CT molecular complexity index is 513. The van der Waals surface area contributed by atoms with Crippen LogP contribution in [0.15, 0.2) is 36.4 Å². The third-order valence-electron chi connectivity index (χ3n) is 2.25. The Morgan fingerprint density at radius 2 is 1.47 bits per heavy atom. The van der Waals surface area contributed by atoms with Gasteiger partial charge in [-0.3, -0.25) is 0 Å². The lowest BCUT2D eigenvalue weighted by atomic mass is 10.2. The summed E-state index contributed by atoms with van der Waals surface area (Å²) in [5.74, 6) is 1.84. The Morgan fingerprint density at radius 3 is 2.00 bits per heavy atom. The van der Waals surface area contributed by atoms with Crippen molar-refractivity contribution in [2.45, 2.75) is 6.92 Å². The standard InChI is InChI=1S/C13H10I2O2/c1-8-2-4-9(5-3-8)17-10-6-11(14)13(16)12(15)7-10/h2-7,16H,1H3. The minimum absolute atomic E-state index is 0.308. The van der Waals surface area contributed by atoms with Crippen LogP contribution in [0.3, 0.4) is 0 Å². The van der Waals surface area contributed by atoms with Gasteiger partial charge in [-0.25, -0.2) is 0 Å². The van der Waals surface area contributed by atoms with Gasteiger partial charge in [0.1, 0.15) is 17.2 Å². The van der Waals surface area contributed by atoms with Gasteiger partial charge in [0.05, 0.1) is 7.14 Å². The summed E-state index contributed by atoms with van der Waals surface area (Å²) >= 11 is 4.18. The van der Waals surface area contributed by atoms with Crippen molar-refractivity contribution in [3.8, 4) is 17.2 Å². The summed E-state index contributed by atoms with van der Waals surface area (Å²) in [4.78, 5) is 0. The van der Waals surface area contributed by atoms with Gasteiger partial charge in [0.2, 0.25) is 0 Å². The van der Waals surface area contributed by atoms with Crippen molar-refractivity contribution in [3.63, 3.8) is 0 Å². The summed E-state index contributed by atoms with van der Waals surface area (Å²) in [7, 11) is 0. The number of phenols is 1. The van der Waals surface area contributed by atoms with Crippen molar-refractivity contribution in [1.82, 2.24) is 0 Å². The highest BCUT2D eigenvalue weighted by molar-refractivity contribution is 14.1. The van der Waals surface area contributed by atoms with Gasteiger partial charge in [-0.15, -0.1) is 0 Å². The van der Waals surface area contributed by atoms with Gasteiger partial charge < -0.3 is 9.84 Å². The van der Waals surface area contributed by atoms with Gasteiger partial charge in [0.15, 0.2) is 0 Å². The Morgan fingerprint density at radius 1 is 0.941 bits per heavy atom. The van der Waals surface area contributed by atoms with Crippen molar-refractivity contribution in [1.29, 1.82) is 0 Å². The number of ether oxygens (including phenoxy) is 1. The largest absolute Gasteiger partial charge is 0.506 e. The van der Waals surface area contributed by atoms with E-state index in [9.17, 15) is 5.11 Å². The maximum Gasteiger partial charge on any atom is 0.142 e. The van der Waals surface area contributed by atoms with Crippen LogP contribution < -0.4 is 4.74 Å². The highest BCUT2D eigenvalue weighted by Crippen LogP contribution is 2.32. The summed E-state index contributed by atoms with van der Waals surface area (Å²) in [6, 6.07) is 11.5. The zero-order valence-electron chi connectivity index (χ0n) is 9.08. The topological polar surface area (TPSA) is 29.5 Å². The lowest BCUT2D eigenvalue weighted by Gasteiger charge is -2.08.